The summed E-state index contributed by atoms with van der Waals surface area (Å²) in [5, 5.41) is 0. The zero-order valence-corrected chi connectivity index (χ0v) is 12.4. The fourth-order valence-corrected chi connectivity index (χ4v) is 3.32. The van der Waals surface area contributed by atoms with E-state index in [1.165, 1.54) is 16.8 Å². The summed E-state index contributed by atoms with van der Waals surface area (Å²) in [5.74, 6) is 0. The van der Waals surface area contributed by atoms with Gasteiger partial charge in [0.1, 0.15) is 0 Å². The molecule has 4 heteroatoms. The fourth-order valence-electron chi connectivity index (χ4n) is 1.87. The average Bonchev–Trinajstić information content (AvgIpc) is 2.33. The van der Waals surface area contributed by atoms with Gasteiger partial charge in [0.25, 0.3) is 0 Å². The average molecular weight is 252 g/mol. The van der Waals surface area contributed by atoms with Gasteiger partial charge >= 0.3 is 9.45 Å². The van der Waals surface area contributed by atoms with Crippen molar-refractivity contribution in [2.75, 3.05) is 25.3 Å². The molecular weight excluding hydrogens is 230 g/mol. The van der Waals surface area contributed by atoms with E-state index in [4.69, 9.17) is 8.85 Å². The highest BCUT2D eigenvalue weighted by Gasteiger charge is 2.25. The molecule has 0 bridgehead atoms. The molecule has 3 nitrogen and oxygen atoms in total. The maximum absolute atomic E-state index is 5.47. The lowest BCUT2D eigenvalue weighted by Crippen LogP contribution is -2.44. The van der Waals surface area contributed by atoms with Gasteiger partial charge in [-0.3, -0.25) is 0 Å². The van der Waals surface area contributed by atoms with Crippen LogP contribution in [0.25, 0.3) is 0 Å². The Labute approximate surface area is 106 Å². The molecule has 0 aromatic heterocycles. The highest BCUT2D eigenvalue weighted by molar-refractivity contribution is 6.49. The first-order valence-electron chi connectivity index (χ1n) is 5.94. The fraction of sp³-hybridized carbons (Fsp3) is 0.538. The van der Waals surface area contributed by atoms with Gasteiger partial charge in [0.05, 0.1) is 0 Å². The Hall–Kier alpha value is -0.843. The van der Waals surface area contributed by atoms with E-state index < -0.39 is 9.45 Å². The van der Waals surface area contributed by atoms with Crippen molar-refractivity contribution in [3.05, 3.63) is 29.3 Å². The molecule has 0 saturated carbocycles. The van der Waals surface area contributed by atoms with Crippen LogP contribution in [0.2, 0.25) is 0 Å². The highest BCUT2D eigenvalue weighted by Crippen LogP contribution is 2.24. The second-order valence-electron chi connectivity index (χ2n) is 4.04. The van der Waals surface area contributed by atoms with Crippen molar-refractivity contribution in [2.45, 2.75) is 27.2 Å². The molecule has 1 radical (unpaired) electrons. The zero-order chi connectivity index (χ0) is 12.8. The maximum Gasteiger partial charge on any atom is 0.528 e. The van der Waals surface area contributed by atoms with Crippen LogP contribution in [0.15, 0.2) is 18.2 Å². The molecule has 0 amide bonds. The normalized spacial score (nSPS) is 10.9. The molecule has 0 saturated heterocycles. The summed E-state index contributed by atoms with van der Waals surface area (Å²) in [6.45, 7) is 7.41. The second-order valence-corrected chi connectivity index (χ2v) is 5.93. The lowest BCUT2D eigenvalue weighted by molar-refractivity contribution is 0.274. The van der Waals surface area contributed by atoms with E-state index in [9.17, 15) is 0 Å². The molecule has 1 aromatic rings. The largest absolute Gasteiger partial charge is 0.528 e. The molecule has 0 aliphatic carbocycles. The van der Waals surface area contributed by atoms with E-state index >= 15 is 0 Å². The van der Waals surface area contributed by atoms with Crippen LogP contribution in [-0.4, -0.2) is 30.2 Å². The van der Waals surface area contributed by atoms with Gasteiger partial charge in [-0.2, -0.15) is 0 Å². The Morgan fingerprint density at radius 1 is 1.18 bits per heavy atom. The summed E-state index contributed by atoms with van der Waals surface area (Å²) in [7, 11) is 2.05. The van der Waals surface area contributed by atoms with E-state index in [1.54, 1.807) is 14.2 Å². The Balaban J connectivity index is 3.08. The number of anilines is 1. The molecule has 95 valence electrons. The number of aryl methyl sites for hydroxylation is 1. The van der Waals surface area contributed by atoms with Gasteiger partial charge in [-0.25, -0.2) is 0 Å². The zero-order valence-electron chi connectivity index (χ0n) is 11.4. The van der Waals surface area contributed by atoms with E-state index in [0.29, 0.717) is 0 Å². The van der Waals surface area contributed by atoms with Crippen LogP contribution in [0.3, 0.4) is 0 Å². The summed E-state index contributed by atoms with van der Waals surface area (Å²) < 4.78 is 13.2. The third-order valence-corrected chi connectivity index (χ3v) is 4.49. The van der Waals surface area contributed by atoms with Gasteiger partial charge in [-0.15, -0.1) is 0 Å². The topological polar surface area (TPSA) is 21.7 Å². The van der Waals surface area contributed by atoms with E-state index in [2.05, 4.69) is 43.5 Å². The van der Waals surface area contributed by atoms with Gasteiger partial charge in [0.2, 0.25) is 0 Å². The SMILES string of the molecule is CCCN(c1cccc(C)c1C)[Si](OC)OC. The molecule has 0 spiro atoms. The predicted octanol–water partition coefficient (Wildman–Crippen LogP) is 2.80. The third-order valence-electron chi connectivity index (χ3n) is 2.88. The quantitative estimate of drug-likeness (QED) is 0.727. The van der Waals surface area contributed by atoms with Crippen LogP contribution < -0.4 is 4.57 Å². The standard InChI is InChI=1S/C13H22NO2Si/c1-6-10-14(17(15-4)16-5)13-9-7-8-11(2)12(13)3/h7-9H,6,10H2,1-5H3. The molecule has 17 heavy (non-hydrogen) atoms. The van der Waals surface area contributed by atoms with Gasteiger partial charge in [0.15, 0.2) is 0 Å². The third kappa shape index (κ3) is 3.31. The van der Waals surface area contributed by atoms with E-state index in [-0.39, 0.29) is 0 Å². The first-order chi connectivity index (χ1) is 8.15. The van der Waals surface area contributed by atoms with Gasteiger partial charge in [-0.1, -0.05) is 19.1 Å². The van der Waals surface area contributed by atoms with Gasteiger partial charge < -0.3 is 13.4 Å². The van der Waals surface area contributed by atoms with Crippen LogP contribution in [0.1, 0.15) is 24.5 Å². The van der Waals surface area contributed by atoms with Crippen LogP contribution in [-0.2, 0) is 8.85 Å². The molecule has 0 unspecified atom stereocenters. The van der Waals surface area contributed by atoms with Gasteiger partial charge in [-0.05, 0) is 37.5 Å². The van der Waals surface area contributed by atoms with Crippen molar-refractivity contribution in [1.29, 1.82) is 0 Å². The number of hydrogen-bond acceptors (Lipinski definition) is 3. The number of hydrogen-bond donors (Lipinski definition) is 0. The summed E-state index contributed by atoms with van der Waals surface area (Å²) in [5.41, 5.74) is 3.83. The summed E-state index contributed by atoms with van der Waals surface area (Å²) in [6.07, 6.45) is 1.08. The van der Waals surface area contributed by atoms with Crippen molar-refractivity contribution in [3.63, 3.8) is 0 Å². The monoisotopic (exact) mass is 252 g/mol. The van der Waals surface area contributed by atoms with Crippen LogP contribution in [0, 0.1) is 13.8 Å². The summed E-state index contributed by atoms with van der Waals surface area (Å²) in [4.78, 5) is 0. The van der Waals surface area contributed by atoms with Crippen molar-refractivity contribution in [2.24, 2.45) is 0 Å². The molecule has 0 atom stereocenters. The van der Waals surface area contributed by atoms with E-state index in [1.807, 2.05) is 0 Å². The van der Waals surface area contributed by atoms with Crippen molar-refractivity contribution < 1.29 is 8.85 Å². The summed E-state index contributed by atoms with van der Waals surface area (Å²) >= 11 is 0. The Morgan fingerprint density at radius 2 is 1.82 bits per heavy atom. The lowest BCUT2D eigenvalue weighted by atomic mass is 10.1. The van der Waals surface area contributed by atoms with Crippen molar-refractivity contribution in [3.8, 4) is 0 Å². The first kappa shape index (κ1) is 14.2. The molecule has 0 heterocycles. The van der Waals surface area contributed by atoms with Crippen LogP contribution in [0.4, 0.5) is 5.69 Å². The Kier molecular flexibility index (Phi) is 5.68. The second kappa shape index (κ2) is 6.79. The predicted molar refractivity (Wildman–Crippen MR) is 73.3 cm³/mol. The Morgan fingerprint density at radius 3 is 2.35 bits per heavy atom. The molecule has 0 aliphatic heterocycles. The smallest absolute Gasteiger partial charge is 0.380 e. The minimum absolute atomic E-state index is 0.959. The van der Waals surface area contributed by atoms with Crippen molar-refractivity contribution >= 4 is 15.1 Å². The Bertz CT molecular complexity index is 353. The first-order valence-corrected chi connectivity index (χ1v) is 7.20. The molecule has 0 fully saturated rings. The molecule has 0 N–H and O–H groups in total. The minimum atomic E-state index is -1.38. The summed E-state index contributed by atoms with van der Waals surface area (Å²) in [6, 6.07) is 6.36. The van der Waals surface area contributed by atoms with Crippen molar-refractivity contribution in [1.82, 2.24) is 0 Å². The molecule has 1 rings (SSSR count). The molecular formula is C13H22NO2Si. The highest BCUT2D eigenvalue weighted by atomic mass is 28.3. The number of nitrogens with zero attached hydrogens (tertiary/aromatic N) is 1. The minimum Gasteiger partial charge on any atom is -0.380 e. The molecule has 0 aliphatic rings. The van der Waals surface area contributed by atoms with Crippen LogP contribution >= 0.6 is 0 Å². The van der Waals surface area contributed by atoms with E-state index in [0.717, 1.165) is 13.0 Å². The molecule has 1 aromatic carbocycles. The number of benzene rings is 1. The van der Waals surface area contributed by atoms with Gasteiger partial charge in [0, 0.05) is 26.5 Å². The maximum atomic E-state index is 5.47. The lowest BCUT2D eigenvalue weighted by Gasteiger charge is -2.29. The van der Waals surface area contributed by atoms with Crippen LogP contribution in [0.5, 0.6) is 0 Å². The number of rotatable bonds is 6.